The zero-order valence-electron chi connectivity index (χ0n) is 15.7. The fourth-order valence-corrected chi connectivity index (χ4v) is 3.74. The molecule has 0 aliphatic heterocycles. The van der Waals surface area contributed by atoms with Crippen LogP contribution in [0.5, 0.6) is 5.75 Å². The van der Waals surface area contributed by atoms with Crippen molar-refractivity contribution in [2.24, 2.45) is 12.2 Å². The zero-order chi connectivity index (χ0) is 20.0. The van der Waals surface area contributed by atoms with Crippen LogP contribution in [0, 0.1) is 19.7 Å². The Morgan fingerprint density at radius 3 is 2.54 bits per heavy atom. The number of fused-ring (bicyclic) bond motifs is 1. The molecule has 4 rings (SSSR count). The van der Waals surface area contributed by atoms with Gasteiger partial charge in [-0.2, -0.15) is 5.10 Å². The van der Waals surface area contributed by atoms with Crippen LogP contribution in [-0.2, 0) is 7.05 Å². The third kappa shape index (κ3) is 2.55. The number of aryl methyl sites for hydroxylation is 2. The highest BCUT2D eigenvalue weighted by atomic mass is 19.1. The molecule has 0 aliphatic rings. The van der Waals surface area contributed by atoms with Gasteiger partial charge in [-0.3, -0.25) is 4.68 Å². The summed E-state index contributed by atoms with van der Waals surface area (Å²) in [6.07, 6.45) is 1.36. The van der Waals surface area contributed by atoms with Gasteiger partial charge in [0.1, 0.15) is 5.75 Å². The fraction of sp³-hybridized carbons (Fsp3) is 0.143. The first-order valence-electron chi connectivity index (χ1n) is 8.74. The van der Waals surface area contributed by atoms with E-state index >= 15 is 0 Å². The molecule has 0 spiro atoms. The van der Waals surface area contributed by atoms with E-state index in [-0.39, 0.29) is 11.4 Å². The SMILES string of the molecule is Cc1nn(C)c(C)c1-c1c(C=NO)c2ccccc2n1-c1ccc(O)cc1F. The number of benzene rings is 2. The number of phenols is 1. The summed E-state index contributed by atoms with van der Waals surface area (Å²) in [5.41, 5.74) is 4.87. The molecule has 0 aliphatic carbocycles. The smallest absolute Gasteiger partial charge is 0.150 e. The molecule has 7 heteroatoms. The quantitative estimate of drug-likeness (QED) is 0.317. The van der Waals surface area contributed by atoms with Crippen molar-refractivity contribution in [3.8, 4) is 22.7 Å². The van der Waals surface area contributed by atoms with Crippen LogP contribution in [0.25, 0.3) is 27.8 Å². The van der Waals surface area contributed by atoms with Gasteiger partial charge in [-0.25, -0.2) is 4.39 Å². The van der Waals surface area contributed by atoms with Crippen molar-refractivity contribution in [3.63, 3.8) is 0 Å². The van der Waals surface area contributed by atoms with Crippen LogP contribution >= 0.6 is 0 Å². The minimum absolute atomic E-state index is 0.148. The maximum Gasteiger partial charge on any atom is 0.150 e. The topological polar surface area (TPSA) is 75.6 Å². The van der Waals surface area contributed by atoms with E-state index in [0.717, 1.165) is 33.9 Å². The van der Waals surface area contributed by atoms with E-state index in [1.807, 2.05) is 45.2 Å². The van der Waals surface area contributed by atoms with E-state index < -0.39 is 5.82 Å². The van der Waals surface area contributed by atoms with E-state index in [1.165, 1.54) is 18.3 Å². The lowest BCUT2D eigenvalue weighted by atomic mass is 10.0. The predicted octanol–water partition coefficient (Wildman–Crippen LogP) is 4.30. The van der Waals surface area contributed by atoms with Crippen LogP contribution in [0.4, 0.5) is 4.39 Å². The van der Waals surface area contributed by atoms with Crippen molar-refractivity contribution in [2.45, 2.75) is 13.8 Å². The first-order chi connectivity index (χ1) is 13.4. The standard InChI is InChI=1S/C21H19FN4O2/c1-12-20(13(2)25(3)24-12)21-16(11-23-28)15-6-4-5-7-18(15)26(21)19-9-8-14(27)10-17(19)22/h4-11,27-28H,1-3H3. The fourth-order valence-electron chi connectivity index (χ4n) is 3.74. The summed E-state index contributed by atoms with van der Waals surface area (Å²) in [4.78, 5) is 0. The summed E-state index contributed by atoms with van der Waals surface area (Å²) in [5.74, 6) is -0.709. The maximum atomic E-state index is 14.9. The Labute approximate surface area is 160 Å². The minimum Gasteiger partial charge on any atom is -0.508 e. The van der Waals surface area contributed by atoms with Crippen LogP contribution < -0.4 is 0 Å². The number of hydrogen-bond acceptors (Lipinski definition) is 4. The van der Waals surface area contributed by atoms with Crippen LogP contribution in [0.2, 0.25) is 0 Å². The van der Waals surface area contributed by atoms with Crippen molar-refractivity contribution < 1.29 is 14.7 Å². The van der Waals surface area contributed by atoms with Crippen molar-refractivity contribution >= 4 is 17.1 Å². The number of nitrogens with zero attached hydrogens (tertiary/aromatic N) is 4. The monoisotopic (exact) mass is 378 g/mol. The second-order valence-corrected chi connectivity index (χ2v) is 6.66. The molecule has 6 nitrogen and oxygen atoms in total. The molecule has 0 bridgehead atoms. The average molecular weight is 378 g/mol. The van der Waals surface area contributed by atoms with Gasteiger partial charge in [0.15, 0.2) is 5.82 Å². The predicted molar refractivity (Wildman–Crippen MR) is 106 cm³/mol. The Morgan fingerprint density at radius 2 is 1.89 bits per heavy atom. The van der Waals surface area contributed by atoms with Crippen LogP contribution in [0.15, 0.2) is 47.6 Å². The first kappa shape index (κ1) is 17.8. The Hall–Kier alpha value is -3.61. The number of hydrogen-bond donors (Lipinski definition) is 2. The lowest BCUT2D eigenvalue weighted by Crippen LogP contribution is -2.02. The molecular weight excluding hydrogens is 359 g/mol. The van der Waals surface area contributed by atoms with Crippen molar-refractivity contribution in [1.29, 1.82) is 0 Å². The molecule has 4 aromatic rings. The Kier molecular flexibility index (Phi) is 4.15. The molecule has 0 amide bonds. The van der Waals surface area contributed by atoms with Gasteiger partial charge in [0.05, 0.1) is 28.8 Å². The van der Waals surface area contributed by atoms with Crippen LogP contribution in [-0.4, -0.2) is 30.9 Å². The van der Waals surface area contributed by atoms with Gasteiger partial charge >= 0.3 is 0 Å². The summed E-state index contributed by atoms with van der Waals surface area (Å²) in [6, 6.07) is 11.6. The van der Waals surface area contributed by atoms with Crippen LogP contribution in [0.1, 0.15) is 17.0 Å². The summed E-state index contributed by atoms with van der Waals surface area (Å²) < 4.78 is 18.4. The largest absolute Gasteiger partial charge is 0.508 e. The number of aromatic nitrogens is 3. The number of halogens is 1. The number of phenolic OH excluding ortho intramolecular Hbond substituents is 1. The van der Waals surface area contributed by atoms with Crippen molar-refractivity contribution in [2.75, 3.05) is 0 Å². The molecule has 2 N–H and O–H groups in total. The van der Waals surface area contributed by atoms with Gasteiger partial charge < -0.3 is 14.9 Å². The van der Waals surface area contributed by atoms with Crippen molar-refractivity contribution in [3.05, 3.63) is 65.2 Å². The third-order valence-corrected chi connectivity index (χ3v) is 5.02. The molecular formula is C21H19FN4O2. The van der Waals surface area contributed by atoms with E-state index in [1.54, 1.807) is 9.25 Å². The summed E-state index contributed by atoms with van der Waals surface area (Å²) in [5, 5.41) is 27.5. The van der Waals surface area contributed by atoms with Crippen molar-refractivity contribution in [1.82, 2.24) is 14.3 Å². The second-order valence-electron chi connectivity index (χ2n) is 6.66. The highest BCUT2D eigenvalue weighted by molar-refractivity contribution is 6.07. The lowest BCUT2D eigenvalue weighted by Gasteiger charge is -2.13. The summed E-state index contributed by atoms with van der Waals surface area (Å²) in [6.45, 7) is 3.82. The van der Waals surface area contributed by atoms with Gasteiger partial charge in [-0.1, -0.05) is 23.4 Å². The summed E-state index contributed by atoms with van der Waals surface area (Å²) in [7, 11) is 1.85. The number of oxime groups is 1. The molecule has 0 fully saturated rings. The van der Waals surface area contributed by atoms with E-state index in [2.05, 4.69) is 10.3 Å². The molecule has 28 heavy (non-hydrogen) atoms. The molecule has 0 saturated heterocycles. The van der Waals surface area contributed by atoms with E-state index in [0.29, 0.717) is 11.3 Å². The minimum atomic E-state index is -0.561. The van der Waals surface area contributed by atoms with E-state index in [4.69, 9.17) is 0 Å². The van der Waals surface area contributed by atoms with Gasteiger partial charge in [0.2, 0.25) is 0 Å². The molecule has 2 aromatic carbocycles. The lowest BCUT2D eigenvalue weighted by molar-refractivity contribution is 0.322. The molecule has 142 valence electrons. The second kappa shape index (κ2) is 6.53. The molecule has 2 aromatic heterocycles. The first-order valence-corrected chi connectivity index (χ1v) is 8.74. The Balaban J connectivity index is 2.23. The number of para-hydroxylation sites is 1. The molecule has 2 heterocycles. The highest BCUT2D eigenvalue weighted by Crippen LogP contribution is 2.39. The van der Waals surface area contributed by atoms with Gasteiger partial charge in [-0.15, -0.1) is 0 Å². The van der Waals surface area contributed by atoms with Crippen LogP contribution in [0.3, 0.4) is 0 Å². The average Bonchev–Trinajstić information content (AvgIpc) is 3.09. The maximum absolute atomic E-state index is 14.9. The normalized spacial score (nSPS) is 11.7. The molecule has 0 saturated carbocycles. The van der Waals surface area contributed by atoms with Gasteiger partial charge in [0, 0.05) is 35.3 Å². The molecule has 0 unspecified atom stereocenters. The Morgan fingerprint density at radius 1 is 1.14 bits per heavy atom. The number of rotatable bonds is 3. The Bertz CT molecular complexity index is 1240. The van der Waals surface area contributed by atoms with Gasteiger partial charge in [-0.05, 0) is 32.0 Å². The molecule has 0 atom stereocenters. The third-order valence-electron chi connectivity index (χ3n) is 5.02. The number of aromatic hydroxyl groups is 1. The van der Waals surface area contributed by atoms with E-state index in [9.17, 15) is 14.7 Å². The zero-order valence-corrected chi connectivity index (χ0v) is 15.7. The van der Waals surface area contributed by atoms with Gasteiger partial charge in [0.25, 0.3) is 0 Å². The summed E-state index contributed by atoms with van der Waals surface area (Å²) >= 11 is 0. The molecule has 0 radical (unpaired) electrons. The highest BCUT2D eigenvalue weighted by Gasteiger charge is 2.25.